The van der Waals surface area contributed by atoms with Gasteiger partial charge >= 0.3 is 0 Å². The van der Waals surface area contributed by atoms with Crippen LogP contribution in [-0.4, -0.2) is 40.8 Å². The van der Waals surface area contributed by atoms with Gasteiger partial charge in [-0.05, 0) is 37.5 Å². The van der Waals surface area contributed by atoms with Gasteiger partial charge in [0, 0.05) is 36.9 Å². The van der Waals surface area contributed by atoms with Crippen molar-refractivity contribution in [3.63, 3.8) is 0 Å². The number of nitrogens with zero attached hydrogens (tertiary/aromatic N) is 4. The maximum absolute atomic E-state index is 15.2. The van der Waals surface area contributed by atoms with E-state index in [1.54, 1.807) is 16.8 Å². The largest absolute Gasteiger partial charge is 0.364 e. The molecule has 3 aromatic rings. The van der Waals surface area contributed by atoms with E-state index < -0.39 is 27.0 Å². The monoisotopic (exact) mass is 497 g/mol. The van der Waals surface area contributed by atoms with E-state index in [-0.39, 0.29) is 18.4 Å². The molecule has 0 aliphatic carbocycles. The molecule has 2 aromatic carbocycles. The number of benzene rings is 2. The summed E-state index contributed by atoms with van der Waals surface area (Å²) in [6, 6.07) is 13.9. The van der Waals surface area contributed by atoms with Gasteiger partial charge in [-0.1, -0.05) is 36.4 Å². The molecule has 1 aromatic heterocycles. The smallest absolute Gasteiger partial charge is 0.284 e. The molecule has 2 atom stereocenters. The number of halogens is 1. The molecule has 2 aliphatic rings. The first-order chi connectivity index (χ1) is 16.8. The zero-order valence-electron chi connectivity index (χ0n) is 19.5. The summed E-state index contributed by atoms with van der Waals surface area (Å²) in [5, 5.41) is -0.620. The van der Waals surface area contributed by atoms with Gasteiger partial charge < -0.3 is 15.2 Å². The standard InChI is InChI=1S/C25H28FN5O3S/c1-17-7-10-23(18-5-3-2-4-6-18)35(33,34)31(17)15-19-8-9-20(13-22(19)26)29-11-12-30-21(16-29)14-28-25(30)24(27)32/h2-6,8-9,13-14,17,23H,7,10-12,15-16H2,1H3,(H2,27,32)/t17-,23?/m0/s1. The summed E-state index contributed by atoms with van der Waals surface area (Å²) in [6.07, 6.45) is 2.88. The molecule has 0 spiro atoms. The van der Waals surface area contributed by atoms with E-state index in [1.807, 2.05) is 48.2 Å². The minimum absolute atomic E-state index is 0.00626. The van der Waals surface area contributed by atoms with Gasteiger partial charge in [0.25, 0.3) is 5.91 Å². The fourth-order valence-corrected chi connectivity index (χ4v) is 7.27. The number of amides is 1. The predicted molar refractivity (Wildman–Crippen MR) is 131 cm³/mol. The summed E-state index contributed by atoms with van der Waals surface area (Å²) in [6.45, 7) is 3.42. The van der Waals surface area contributed by atoms with E-state index in [0.717, 1.165) is 11.3 Å². The van der Waals surface area contributed by atoms with Gasteiger partial charge in [0.05, 0.1) is 18.4 Å². The average Bonchev–Trinajstić information content (AvgIpc) is 3.26. The molecule has 2 aliphatic heterocycles. The molecule has 0 bridgehead atoms. The predicted octanol–water partition coefficient (Wildman–Crippen LogP) is 3.20. The topological polar surface area (TPSA) is 102 Å². The molecule has 184 valence electrons. The van der Waals surface area contributed by atoms with Crippen LogP contribution in [0.25, 0.3) is 0 Å². The average molecular weight is 498 g/mol. The van der Waals surface area contributed by atoms with Crippen LogP contribution < -0.4 is 10.6 Å². The van der Waals surface area contributed by atoms with Crippen LogP contribution in [0.5, 0.6) is 0 Å². The zero-order valence-corrected chi connectivity index (χ0v) is 20.3. The van der Waals surface area contributed by atoms with Gasteiger partial charge in [-0.25, -0.2) is 17.8 Å². The minimum Gasteiger partial charge on any atom is -0.364 e. The van der Waals surface area contributed by atoms with E-state index in [4.69, 9.17) is 5.73 Å². The molecule has 2 N–H and O–H groups in total. The first kappa shape index (κ1) is 23.5. The number of fused-ring (bicyclic) bond motifs is 1. The highest BCUT2D eigenvalue weighted by molar-refractivity contribution is 7.89. The summed E-state index contributed by atoms with van der Waals surface area (Å²) in [5.74, 6) is -0.785. The second-order valence-corrected chi connectivity index (χ2v) is 11.3. The Morgan fingerprint density at radius 2 is 1.91 bits per heavy atom. The summed E-state index contributed by atoms with van der Waals surface area (Å²) in [7, 11) is -3.64. The Morgan fingerprint density at radius 1 is 1.14 bits per heavy atom. The number of nitrogens with two attached hydrogens (primary N) is 1. The van der Waals surface area contributed by atoms with Crippen LogP contribution in [-0.2, 0) is 29.7 Å². The first-order valence-electron chi connectivity index (χ1n) is 11.7. The Kier molecular flexibility index (Phi) is 6.10. The summed E-state index contributed by atoms with van der Waals surface area (Å²) in [5.41, 5.74) is 8.01. The number of sulfonamides is 1. The fourth-order valence-electron chi connectivity index (χ4n) is 5.08. The molecule has 1 amide bonds. The quantitative estimate of drug-likeness (QED) is 0.583. The summed E-state index contributed by atoms with van der Waals surface area (Å²) >= 11 is 0. The summed E-state index contributed by atoms with van der Waals surface area (Å²) < 4.78 is 45.4. The second-order valence-electron chi connectivity index (χ2n) is 9.20. The van der Waals surface area contributed by atoms with Crippen LogP contribution in [0.2, 0.25) is 0 Å². The Bertz CT molecular complexity index is 1360. The van der Waals surface area contributed by atoms with Crippen molar-refractivity contribution < 1.29 is 17.6 Å². The van der Waals surface area contributed by atoms with E-state index in [9.17, 15) is 13.2 Å². The maximum atomic E-state index is 15.2. The zero-order chi connectivity index (χ0) is 24.7. The first-order valence-corrected chi connectivity index (χ1v) is 13.2. The van der Waals surface area contributed by atoms with Gasteiger partial charge in [0.1, 0.15) is 11.1 Å². The maximum Gasteiger partial charge on any atom is 0.284 e. The van der Waals surface area contributed by atoms with Crippen LogP contribution in [0.1, 0.15) is 52.5 Å². The molecule has 1 unspecified atom stereocenters. The number of primary amides is 1. The van der Waals surface area contributed by atoms with Crippen molar-refractivity contribution in [1.29, 1.82) is 0 Å². The third-order valence-electron chi connectivity index (χ3n) is 7.03. The van der Waals surface area contributed by atoms with Crippen LogP contribution in [0.4, 0.5) is 10.1 Å². The number of hydrogen-bond donors (Lipinski definition) is 1. The normalized spacial score (nSPS) is 22.1. The van der Waals surface area contributed by atoms with Crippen molar-refractivity contribution in [2.75, 3.05) is 11.4 Å². The molecule has 8 nitrogen and oxygen atoms in total. The Labute approximate surface area is 204 Å². The molecule has 35 heavy (non-hydrogen) atoms. The Hall–Kier alpha value is -3.24. The third-order valence-corrected chi connectivity index (χ3v) is 9.40. The highest BCUT2D eigenvalue weighted by Gasteiger charge is 2.40. The molecular weight excluding hydrogens is 469 g/mol. The van der Waals surface area contributed by atoms with Crippen LogP contribution in [0.15, 0.2) is 54.7 Å². The summed E-state index contributed by atoms with van der Waals surface area (Å²) in [4.78, 5) is 17.6. The molecule has 0 radical (unpaired) electrons. The van der Waals surface area contributed by atoms with Gasteiger partial charge in [-0.15, -0.1) is 0 Å². The molecule has 1 saturated heterocycles. The fraction of sp³-hybridized carbons (Fsp3) is 0.360. The SMILES string of the molecule is C[C@H]1CCC(c2ccccc2)S(=O)(=O)N1Cc1ccc(N2CCn3c(cnc3C(N)=O)C2)cc1F. The highest BCUT2D eigenvalue weighted by Crippen LogP contribution is 2.38. The van der Waals surface area contributed by atoms with Crippen molar-refractivity contribution in [3.8, 4) is 0 Å². The molecule has 10 heteroatoms. The van der Waals surface area contributed by atoms with Crippen molar-refractivity contribution >= 4 is 21.6 Å². The molecular formula is C25H28FN5O3S. The van der Waals surface area contributed by atoms with Gasteiger partial charge in [0.2, 0.25) is 10.0 Å². The number of carbonyl (C=O) groups is 1. The van der Waals surface area contributed by atoms with E-state index in [1.165, 1.54) is 10.4 Å². The molecule has 5 rings (SSSR count). The number of hydrogen-bond acceptors (Lipinski definition) is 5. The van der Waals surface area contributed by atoms with Crippen LogP contribution in [0, 0.1) is 5.82 Å². The number of imidazole rings is 1. The second kappa shape index (κ2) is 9.09. The van der Waals surface area contributed by atoms with Crippen LogP contribution >= 0.6 is 0 Å². The van der Waals surface area contributed by atoms with Crippen molar-refractivity contribution in [3.05, 3.63) is 83.2 Å². The lowest BCUT2D eigenvalue weighted by Crippen LogP contribution is -2.44. The van der Waals surface area contributed by atoms with Gasteiger partial charge in [0.15, 0.2) is 5.82 Å². The highest BCUT2D eigenvalue weighted by atomic mass is 32.2. The molecule has 0 saturated carbocycles. The van der Waals surface area contributed by atoms with E-state index in [2.05, 4.69) is 4.98 Å². The van der Waals surface area contributed by atoms with E-state index >= 15 is 4.39 Å². The third kappa shape index (κ3) is 4.32. The minimum atomic E-state index is -3.64. The lowest BCUT2D eigenvalue weighted by atomic mass is 10.0. The molecule has 3 heterocycles. The molecule has 1 fully saturated rings. The lowest BCUT2D eigenvalue weighted by molar-refractivity contribution is 0.0985. The Balaban J connectivity index is 1.35. The number of aromatic nitrogens is 2. The number of carbonyl (C=O) groups excluding carboxylic acids is 1. The van der Waals surface area contributed by atoms with Gasteiger partial charge in [-0.3, -0.25) is 4.79 Å². The lowest BCUT2D eigenvalue weighted by Gasteiger charge is -2.37. The van der Waals surface area contributed by atoms with Crippen molar-refractivity contribution in [1.82, 2.24) is 13.9 Å². The van der Waals surface area contributed by atoms with E-state index in [0.29, 0.717) is 43.7 Å². The van der Waals surface area contributed by atoms with Crippen molar-refractivity contribution in [2.24, 2.45) is 5.73 Å². The Morgan fingerprint density at radius 3 is 2.63 bits per heavy atom. The van der Waals surface area contributed by atoms with Crippen LogP contribution in [0.3, 0.4) is 0 Å². The van der Waals surface area contributed by atoms with Crippen molar-refractivity contribution in [2.45, 2.75) is 50.7 Å². The number of anilines is 1. The van der Waals surface area contributed by atoms with Gasteiger partial charge in [-0.2, -0.15) is 4.31 Å². The number of rotatable bonds is 5.